The van der Waals surface area contributed by atoms with E-state index in [0.29, 0.717) is 0 Å². The molecule has 6 heteroatoms. The minimum atomic E-state index is -1.15. The molecule has 48 valence electrons. The molecule has 0 aromatic heterocycles. The molecule has 0 atom stereocenters. The second kappa shape index (κ2) is 4.29. The molecule has 0 radical (unpaired) electrons. The van der Waals surface area contributed by atoms with Gasteiger partial charge in [-0.3, -0.25) is 0 Å². The molecular weight excluding hydrogens is 323 g/mol. The van der Waals surface area contributed by atoms with Gasteiger partial charge in [-0.1, -0.05) is 0 Å². The average Bonchev–Trinajstić information content (AvgIpc) is 1.31. The van der Waals surface area contributed by atoms with Crippen molar-refractivity contribution in [1.82, 2.24) is 0 Å². The second-order valence-corrected chi connectivity index (χ2v) is 7.56. The van der Waals surface area contributed by atoms with Gasteiger partial charge >= 0.3 is 5.97 Å². The Morgan fingerprint density at radius 3 is 1.50 bits per heavy atom. The largest absolute Gasteiger partial charge is 0.479 e. The molecule has 8 heavy (non-hydrogen) atoms. The molecular formula is C2H4AlBr3O2. The van der Waals surface area contributed by atoms with Gasteiger partial charge < -0.3 is 5.11 Å². The molecule has 0 spiro atoms. The van der Waals surface area contributed by atoms with Crippen LogP contribution in [0.15, 0.2) is 0 Å². The number of alkyl halides is 3. The van der Waals surface area contributed by atoms with Crippen molar-refractivity contribution in [2.75, 3.05) is 0 Å². The fraction of sp³-hybridized carbons (Fsp3) is 0.500. The smallest absolute Gasteiger partial charge is 0.342 e. The van der Waals surface area contributed by atoms with Gasteiger partial charge in [0.25, 0.3) is 0 Å². The minimum absolute atomic E-state index is 0. The van der Waals surface area contributed by atoms with Gasteiger partial charge in [-0.05, 0) is 47.8 Å². The molecule has 0 unspecified atom stereocenters. The van der Waals surface area contributed by atoms with E-state index in [4.69, 9.17) is 5.11 Å². The Hall–Kier alpha value is 1.44. The highest BCUT2D eigenvalue weighted by atomic mass is 80.0. The number of aliphatic carboxylic acids is 1. The maximum Gasteiger partial charge on any atom is 0.342 e. The van der Waals surface area contributed by atoms with E-state index in [2.05, 4.69) is 47.8 Å². The van der Waals surface area contributed by atoms with Crippen LogP contribution in [0, 0.1) is 0 Å². The number of halogens is 3. The standard InChI is InChI=1S/C2HBr3O2.Al.3H/c3-2(4,5)1(6)7;;;;/h(H,6,7);;;;. The van der Waals surface area contributed by atoms with Crippen molar-refractivity contribution in [3.8, 4) is 0 Å². The summed E-state index contributed by atoms with van der Waals surface area (Å²) in [4.78, 5) is 9.88. The predicted molar refractivity (Wildman–Crippen MR) is 47.1 cm³/mol. The fourth-order valence-electron chi connectivity index (χ4n) is 0. The highest BCUT2D eigenvalue weighted by Gasteiger charge is 2.27. The highest BCUT2D eigenvalue weighted by Crippen LogP contribution is 2.32. The zero-order chi connectivity index (χ0) is 6.08. The molecule has 0 rings (SSSR count). The van der Waals surface area contributed by atoms with Crippen molar-refractivity contribution >= 4 is 71.1 Å². The highest BCUT2D eigenvalue weighted by molar-refractivity contribution is 9.40. The SMILES string of the molecule is O=C(O)C(Br)(Br)Br.[AlH3]. The lowest BCUT2D eigenvalue weighted by molar-refractivity contribution is -0.134. The summed E-state index contributed by atoms with van der Waals surface area (Å²) in [7, 11) is 0. The van der Waals surface area contributed by atoms with Crippen molar-refractivity contribution in [1.29, 1.82) is 0 Å². The van der Waals surface area contributed by atoms with Crippen LogP contribution >= 0.6 is 47.8 Å². The van der Waals surface area contributed by atoms with Gasteiger partial charge in [-0.15, -0.1) is 0 Å². The number of hydrogen-bond acceptors (Lipinski definition) is 1. The van der Waals surface area contributed by atoms with E-state index in [1.54, 1.807) is 0 Å². The van der Waals surface area contributed by atoms with Crippen LogP contribution in [-0.2, 0) is 4.79 Å². The fourth-order valence-corrected chi connectivity index (χ4v) is 0. The van der Waals surface area contributed by atoms with Gasteiger partial charge in [0.05, 0.1) is 0 Å². The molecule has 0 saturated heterocycles. The van der Waals surface area contributed by atoms with Crippen LogP contribution < -0.4 is 0 Å². The third-order valence-electron chi connectivity index (χ3n) is 0.243. The van der Waals surface area contributed by atoms with Crippen LogP contribution in [0.1, 0.15) is 0 Å². The van der Waals surface area contributed by atoms with Crippen molar-refractivity contribution in [2.45, 2.75) is 2.14 Å². The van der Waals surface area contributed by atoms with Gasteiger partial charge in [0.1, 0.15) is 0 Å². The summed E-state index contributed by atoms with van der Waals surface area (Å²) in [6, 6.07) is 0. The lowest BCUT2D eigenvalue weighted by atomic mass is 10.8. The lowest BCUT2D eigenvalue weighted by Crippen LogP contribution is -2.14. The number of carboxylic acids is 1. The molecule has 1 N–H and O–H groups in total. The molecule has 2 nitrogen and oxygen atoms in total. The van der Waals surface area contributed by atoms with Gasteiger partial charge in [-0.25, -0.2) is 4.79 Å². The number of hydrogen-bond donors (Lipinski definition) is 1. The summed E-state index contributed by atoms with van der Waals surface area (Å²) in [5.74, 6) is -1.01. The third kappa shape index (κ3) is 5.58. The summed E-state index contributed by atoms with van der Waals surface area (Å²) < 4.78 is -1.15. The van der Waals surface area contributed by atoms with E-state index < -0.39 is 8.11 Å². The van der Waals surface area contributed by atoms with E-state index >= 15 is 0 Å². The normalized spacial score (nSPS) is 9.88. The Labute approximate surface area is 82.5 Å². The summed E-state index contributed by atoms with van der Waals surface area (Å²) in [6.45, 7) is 0. The maximum absolute atomic E-state index is 9.88. The molecule has 0 heterocycles. The van der Waals surface area contributed by atoms with Gasteiger partial charge in [0.15, 0.2) is 17.4 Å². The van der Waals surface area contributed by atoms with Crippen molar-refractivity contribution in [2.24, 2.45) is 0 Å². The quantitative estimate of drug-likeness (QED) is 0.526. The Morgan fingerprint density at radius 1 is 1.38 bits per heavy atom. The third-order valence-corrected chi connectivity index (χ3v) is 1.26. The van der Waals surface area contributed by atoms with Crippen molar-refractivity contribution in [3.63, 3.8) is 0 Å². The second-order valence-electron chi connectivity index (χ2n) is 0.803. The van der Waals surface area contributed by atoms with Gasteiger partial charge in [0, 0.05) is 0 Å². The average molecular weight is 327 g/mol. The molecule has 0 aliphatic heterocycles. The van der Waals surface area contributed by atoms with E-state index in [0.717, 1.165) is 0 Å². The summed E-state index contributed by atoms with van der Waals surface area (Å²) in [5.41, 5.74) is 0. The molecule has 0 aliphatic carbocycles. The first-order valence-corrected chi connectivity index (χ1v) is 3.62. The number of carboxylic acid groups (broad SMARTS) is 1. The van der Waals surface area contributed by atoms with Crippen LogP contribution in [0.3, 0.4) is 0 Å². The molecule has 0 aromatic rings. The Kier molecular flexibility index (Phi) is 6.51. The first-order chi connectivity index (χ1) is 2.94. The van der Waals surface area contributed by atoms with E-state index in [1.165, 1.54) is 0 Å². The van der Waals surface area contributed by atoms with Crippen LogP contribution in [0.5, 0.6) is 0 Å². The van der Waals surface area contributed by atoms with Crippen molar-refractivity contribution < 1.29 is 9.90 Å². The molecule has 0 aromatic carbocycles. The van der Waals surface area contributed by atoms with Crippen molar-refractivity contribution in [3.05, 3.63) is 0 Å². The molecule has 0 amide bonds. The zero-order valence-corrected chi connectivity index (χ0v) is 7.75. The minimum Gasteiger partial charge on any atom is -0.479 e. The van der Waals surface area contributed by atoms with E-state index in [9.17, 15) is 4.79 Å². The number of rotatable bonds is 0. The maximum atomic E-state index is 9.88. The Balaban J connectivity index is 0. The Morgan fingerprint density at radius 2 is 1.50 bits per heavy atom. The van der Waals surface area contributed by atoms with Crippen LogP contribution in [0.25, 0.3) is 0 Å². The van der Waals surface area contributed by atoms with Gasteiger partial charge in [0.2, 0.25) is 2.14 Å². The first kappa shape index (κ1) is 12.2. The van der Waals surface area contributed by atoms with Crippen LogP contribution in [0.2, 0.25) is 0 Å². The topological polar surface area (TPSA) is 37.3 Å². The Bertz CT molecular complexity index is 87.8. The van der Waals surface area contributed by atoms with E-state index in [-0.39, 0.29) is 17.4 Å². The molecule has 0 aliphatic rings. The summed E-state index contributed by atoms with van der Waals surface area (Å²) in [6.07, 6.45) is 0. The molecule has 0 saturated carbocycles. The predicted octanol–water partition coefficient (Wildman–Crippen LogP) is 0.726. The van der Waals surface area contributed by atoms with E-state index in [1.807, 2.05) is 0 Å². The van der Waals surface area contributed by atoms with Crippen LogP contribution in [0.4, 0.5) is 0 Å². The van der Waals surface area contributed by atoms with Crippen LogP contribution in [-0.4, -0.2) is 30.6 Å². The lowest BCUT2D eigenvalue weighted by Gasteiger charge is -2.01. The zero-order valence-electron chi connectivity index (χ0n) is 2.99. The monoisotopic (exact) mass is 324 g/mol. The summed E-state index contributed by atoms with van der Waals surface area (Å²) in [5, 5.41) is 8.11. The molecule has 0 bridgehead atoms. The first-order valence-electron chi connectivity index (χ1n) is 1.24. The molecule has 0 fully saturated rings. The number of carbonyl (C=O) groups is 1. The summed E-state index contributed by atoms with van der Waals surface area (Å²) >= 11 is 8.33. The van der Waals surface area contributed by atoms with Gasteiger partial charge in [-0.2, -0.15) is 0 Å².